The Morgan fingerprint density at radius 1 is 0.958 bits per heavy atom. The highest BCUT2D eigenvalue weighted by molar-refractivity contribution is 7.86. The maximum absolute atomic E-state index is 11.8. The molecule has 0 radical (unpaired) electrons. The third-order valence-corrected chi connectivity index (χ3v) is 4.90. The van der Waals surface area contributed by atoms with Crippen LogP contribution in [-0.4, -0.2) is 30.4 Å². The number of cyclic esters (lactones) is 1. The van der Waals surface area contributed by atoms with Crippen LogP contribution in [0, 0.1) is 0 Å². The molecular formula is C17H17NO5S. The fourth-order valence-electron chi connectivity index (χ4n) is 2.89. The summed E-state index contributed by atoms with van der Waals surface area (Å²) in [7, 11) is -4.55. The molecule has 1 aliphatic heterocycles. The summed E-state index contributed by atoms with van der Waals surface area (Å²) in [5, 5.41) is 0. The van der Waals surface area contributed by atoms with Gasteiger partial charge in [-0.3, -0.25) is 9.35 Å². The summed E-state index contributed by atoms with van der Waals surface area (Å²) in [5.41, 5.74) is -0.125. The van der Waals surface area contributed by atoms with Gasteiger partial charge in [0.1, 0.15) is 0 Å². The highest BCUT2D eigenvalue weighted by Crippen LogP contribution is 2.34. The third kappa shape index (κ3) is 3.42. The molecule has 0 amide bonds. The van der Waals surface area contributed by atoms with Crippen LogP contribution in [0.5, 0.6) is 0 Å². The molecule has 0 bridgehead atoms. The van der Waals surface area contributed by atoms with Crippen molar-refractivity contribution < 1.29 is 22.5 Å². The molecule has 1 aliphatic rings. The fourth-order valence-corrected chi connectivity index (χ4v) is 3.77. The Morgan fingerprint density at radius 3 is 1.92 bits per heavy atom. The van der Waals surface area contributed by atoms with Crippen molar-refractivity contribution in [3.8, 4) is 0 Å². The van der Waals surface area contributed by atoms with E-state index in [1.54, 1.807) is 4.90 Å². The number of para-hydroxylation sites is 2. The smallest absolute Gasteiger partial charge is 0.307 e. The molecule has 2 atom stereocenters. The van der Waals surface area contributed by atoms with Crippen molar-refractivity contribution in [1.82, 2.24) is 0 Å². The minimum absolute atomic E-state index is 0.0901. The Labute approximate surface area is 140 Å². The topological polar surface area (TPSA) is 83.9 Å². The predicted octanol–water partition coefficient (Wildman–Crippen LogP) is 2.74. The second kappa shape index (κ2) is 6.62. The fraction of sp³-hybridized carbons (Fsp3) is 0.235. The van der Waals surface area contributed by atoms with Gasteiger partial charge in [0.05, 0.1) is 6.04 Å². The molecule has 1 saturated heterocycles. The zero-order valence-corrected chi connectivity index (χ0v) is 13.6. The van der Waals surface area contributed by atoms with Gasteiger partial charge in [0.2, 0.25) is 5.44 Å². The van der Waals surface area contributed by atoms with Crippen molar-refractivity contribution in [2.45, 2.75) is 24.3 Å². The Morgan fingerprint density at radius 2 is 1.46 bits per heavy atom. The number of ether oxygens (including phenoxy) is 1. The number of hydrogen-bond donors (Lipinski definition) is 1. The summed E-state index contributed by atoms with van der Waals surface area (Å²) in [4.78, 5) is 13.3. The SMILES string of the molecule is O=C1CCC(N(c2ccccc2)c2ccccc2)C(S(=O)(=O)O)O1. The molecule has 0 aromatic heterocycles. The second-order valence-corrected chi connectivity index (χ2v) is 7.01. The largest absolute Gasteiger partial charge is 0.441 e. The number of anilines is 2. The lowest BCUT2D eigenvalue weighted by Gasteiger charge is -2.39. The molecule has 2 aromatic rings. The number of carbonyl (C=O) groups excluding carboxylic acids is 1. The lowest BCUT2D eigenvalue weighted by Crippen LogP contribution is -2.50. The van der Waals surface area contributed by atoms with E-state index in [0.717, 1.165) is 11.4 Å². The van der Waals surface area contributed by atoms with Crippen LogP contribution in [0.15, 0.2) is 60.7 Å². The summed E-state index contributed by atoms with van der Waals surface area (Å²) < 4.78 is 38.0. The summed E-state index contributed by atoms with van der Waals surface area (Å²) in [6, 6.07) is 17.7. The molecule has 2 aromatic carbocycles. The third-order valence-electron chi connectivity index (χ3n) is 3.90. The van der Waals surface area contributed by atoms with Crippen molar-refractivity contribution in [2.75, 3.05) is 4.90 Å². The van der Waals surface area contributed by atoms with Gasteiger partial charge in [-0.2, -0.15) is 8.42 Å². The van der Waals surface area contributed by atoms with Crippen molar-refractivity contribution >= 4 is 27.5 Å². The standard InChI is InChI=1S/C17H17NO5S/c19-16-12-11-15(17(23-16)24(20,21)22)18(13-7-3-1-4-8-13)14-9-5-2-6-10-14/h1-10,15,17H,11-12H2,(H,20,21,22). The van der Waals surface area contributed by atoms with Gasteiger partial charge in [-0.25, -0.2) is 0 Å². The minimum atomic E-state index is -4.55. The summed E-state index contributed by atoms with van der Waals surface area (Å²) in [5.74, 6) is -0.630. The van der Waals surface area contributed by atoms with Crippen LogP contribution in [0.1, 0.15) is 12.8 Å². The summed E-state index contributed by atoms with van der Waals surface area (Å²) in [6.45, 7) is 0. The van der Waals surface area contributed by atoms with E-state index in [1.807, 2.05) is 60.7 Å². The van der Waals surface area contributed by atoms with Gasteiger partial charge in [-0.1, -0.05) is 36.4 Å². The van der Waals surface area contributed by atoms with Gasteiger partial charge in [0.15, 0.2) is 0 Å². The van der Waals surface area contributed by atoms with Crippen molar-refractivity contribution in [2.24, 2.45) is 0 Å². The molecule has 1 heterocycles. The monoisotopic (exact) mass is 347 g/mol. The maximum Gasteiger partial charge on any atom is 0.307 e. The van der Waals surface area contributed by atoms with Gasteiger partial charge < -0.3 is 9.64 Å². The number of nitrogens with zero attached hydrogens (tertiary/aromatic N) is 1. The first kappa shape index (κ1) is 16.5. The van der Waals surface area contributed by atoms with E-state index in [1.165, 1.54) is 0 Å². The molecule has 1 N–H and O–H groups in total. The Kier molecular flexibility index (Phi) is 4.55. The molecule has 6 nitrogen and oxygen atoms in total. The normalized spacial score (nSPS) is 21.1. The Hall–Kier alpha value is -2.38. The molecule has 0 aliphatic carbocycles. The van der Waals surface area contributed by atoms with Crippen molar-refractivity contribution in [3.63, 3.8) is 0 Å². The van der Waals surface area contributed by atoms with Crippen LogP contribution in [0.25, 0.3) is 0 Å². The summed E-state index contributed by atoms with van der Waals surface area (Å²) in [6.07, 6.45) is 0.347. The molecular weight excluding hydrogens is 330 g/mol. The first-order valence-corrected chi connectivity index (χ1v) is 9.02. The first-order valence-electron chi connectivity index (χ1n) is 7.52. The molecule has 0 spiro atoms. The van der Waals surface area contributed by atoms with E-state index in [-0.39, 0.29) is 12.8 Å². The van der Waals surface area contributed by atoms with Gasteiger partial charge in [-0.05, 0) is 30.7 Å². The van der Waals surface area contributed by atoms with Gasteiger partial charge in [0, 0.05) is 17.8 Å². The Balaban J connectivity index is 2.09. The van der Waals surface area contributed by atoms with Crippen LogP contribution in [0.3, 0.4) is 0 Å². The van der Waals surface area contributed by atoms with E-state index in [4.69, 9.17) is 4.74 Å². The van der Waals surface area contributed by atoms with Crippen LogP contribution >= 0.6 is 0 Å². The van der Waals surface area contributed by atoms with Gasteiger partial charge in [-0.15, -0.1) is 0 Å². The number of benzene rings is 2. The van der Waals surface area contributed by atoms with Crippen LogP contribution in [0.4, 0.5) is 11.4 Å². The van der Waals surface area contributed by atoms with Crippen molar-refractivity contribution in [3.05, 3.63) is 60.7 Å². The molecule has 126 valence electrons. The van der Waals surface area contributed by atoms with Crippen LogP contribution < -0.4 is 4.90 Å². The van der Waals surface area contributed by atoms with E-state index >= 15 is 0 Å². The zero-order chi connectivity index (χ0) is 17.2. The summed E-state index contributed by atoms with van der Waals surface area (Å²) >= 11 is 0. The molecule has 24 heavy (non-hydrogen) atoms. The Bertz CT molecular complexity index is 768. The minimum Gasteiger partial charge on any atom is -0.441 e. The van der Waals surface area contributed by atoms with E-state index in [9.17, 15) is 17.8 Å². The van der Waals surface area contributed by atoms with E-state index < -0.39 is 27.6 Å². The zero-order valence-electron chi connectivity index (χ0n) is 12.8. The number of rotatable bonds is 4. The molecule has 7 heteroatoms. The molecule has 3 rings (SSSR count). The second-order valence-electron chi connectivity index (χ2n) is 5.52. The number of hydrogen-bond acceptors (Lipinski definition) is 5. The molecule has 0 saturated carbocycles. The quantitative estimate of drug-likeness (QED) is 0.676. The van der Waals surface area contributed by atoms with E-state index in [0.29, 0.717) is 0 Å². The lowest BCUT2D eigenvalue weighted by atomic mass is 10.1. The maximum atomic E-state index is 11.8. The van der Waals surface area contributed by atoms with Crippen molar-refractivity contribution in [1.29, 1.82) is 0 Å². The highest BCUT2D eigenvalue weighted by Gasteiger charge is 2.43. The van der Waals surface area contributed by atoms with Crippen LogP contribution in [0.2, 0.25) is 0 Å². The van der Waals surface area contributed by atoms with Crippen LogP contribution in [-0.2, 0) is 19.6 Å². The average molecular weight is 347 g/mol. The number of carbonyl (C=O) groups is 1. The van der Waals surface area contributed by atoms with Gasteiger partial charge >= 0.3 is 16.1 Å². The van der Waals surface area contributed by atoms with E-state index in [2.05, 4.69) is 0 Å². The van der Waals surface area contributed by atoms with Gasteiger partial charge in [0.25, 0.3) is 0 Å². The molecule has 1 fully saturated rings. The highest BCUT2D eigenvalue weighted by atomic mass is 32.2. The lowest BCUT2D eigenvalue weighted by molar-refractivity contribution is -0.150. The molecule has 2 unspecified atom stereocenters. The first-order chi connectivity index (χ1) is 11.5. The predicted molar refractivity (Wildman–Crippen MR) is 89.5 cm³/mol. The average Bonchev–Trinajstić information content (AvgIpc) is 2.57. The number of esters is 1.